The Morgan fingerprint density at radius 1 is 0.944 bits per heavy atom. The number of amides is 1. The number of anilines is 2. The Labute approximate surface area is 208 Å². The van der Waals surface area contributed by atoms with E-state index >= 15 is 0 Å². The number of aromatic nitrogens is 2. The fourth-order valence-electron chi connectivity index (χ4n) is 3.40. The van der Waals surface area contributed by atoms with Gasteiger partial charge < -0.3 is 24.8 Å². The van der Waals surface area contributed by atoms with E-state index in [0.717, 1.165) is 0 Å². The molecule has 1 heterocycles. The average molecular weight is 487 g/mol. The minimum atomic E-state index is -0.427. The van der Waals surface area contributed by atoms with Crippen LogP contribution in [-0.4, -0.2) is 43.1 Å². The van der Waals surface area contributed by atoms with Crippen LogP contribution in [-0.2, 0) is 4.74 Å². The van der Waals surface area contributed by atoms with Crippen molar-refractivity contribution in [1.29, 1.82) is 0 Å². The molecule has 0 fully saturated rings. The fraction of sp³-hybridized carbons (Fsp3) is 0.148. The number of rotatable bonds is 10. The largest absolute Gasteiger partial charge is 0.497 e. The Morgan fingerprint density at radius 2 is 1.72 bits per heavy atom. The van der Waals surface area contributed by atoms with Crippen molar-refractivity contribution >= 4 is 17.3 Å². The number of para-hydroxylation sites is 1. The van der Waals surface area contributed by atoms with Crippen LogP contribution in [0.3, 0.4) is 0 Å². The number of carbonyl (C=O) groups is 1. The normalized spacial score (nSPS) is 10.5. The Balaban J connectivity index is 1.70. The molecule has 0 aliphatic heterocycles. The van der Waals surface area contributed by atoms with Crippen molar-refractivity contribution in [2.24, 2.45) is 0 Å². The summed E-state index contributed by atoms with van der Waals surface area (Å²) in [4.78, 5) is 26.1. The molecule has 0 spiro atoms. The van der Waals surface area contributed by atoms with Crippen molar-refractivity contribution in [3.05, 3.63) is 101 Å². The number of methoxy groups -OCH3 is 2. The van der Waals surface area contributed by atoms with E-state index in [1.807, 2.05) is 18.2 Å². The van der Waals surface area contributed by atoms with Gasteiger partial charge in [-0.3, -0.25) is 9.59 Å². The van der Waals surface area contributed by atoms with Crippen molar-refractivity contribution in [2.75, 3.05) is 32.7 Å². The number of hydrogen-bond donors (Lipinski definition) is 2. The molecule has 0 saturated carbocycles. The topological polar surface area (TPSA) is 104 Å². The van der Waals surface area contributed by atoms with E-state index in [0.29, 0.717) is 41.6 Å². The highest BCUT2D eigenvalue weighted by Gasteiger charge is 2.16. The lowest BCUT2D eigenvalue weighted by molar-refractivity contribution is 0.0937. The zero-order valence-electron chi connectivity index (χ0n) is 19.9. The molecule has 9 heteroatoms. The van der Waals surface area contributed by atoms with Crippen molar-refractivity contribution in [1.82, 2.24) is 15.1 Å². The molecular weight excluding hydrogens is 460 g/mol. The van der Waals surface area contributed by atoms with Crippen LogP contribution in [0.15, 0.2) is 89.9 Å². The lowest BCUT2D eigenvalue weighted by Gasteiger charge is -2.15. The maximum absolute atomic E-state index is 13.6. The molecule has 0 radical (unpaired) electrons. The first-order chi connectivity index (χ1) is 17.6. The van der Waals surface area contributed by atoms with Gasteiger partial charge in [0.15, 0.2) is 11.4 Å². The highest BCUT2D eigenvalue weighted by atomic mass is 16.5. The molecule has 36 heavy (non-hydrogen) atoms. The summed E-state index contributed by atoms with van der Waals surface area (Å²) in [6, 6.07) is 22.9. The molecule has 4 rings (SSSR count). The van der Waals surface area contributed by atoms with E-state index in [1.54, 1.807) is 74.9 Å². The maximum Gasteiger partial charge on any atom is 0.299 e. The van der Waals surface area contributed by atoms with Gasteiger partial charge in [0, 0.05) is 24.9 Å². The van der Waals surface area contributed by atoms with Gasteiger partial charge in [0.1, 0.15) is 11.5 Å². The third-order valence-corrected chi connectivity index (χ3v) is 5.22. The number of benzene rings is 3. The maximum atomic E-state index is 13.6. The third-order valence-electron chi connectivity index (χ3n) is 5.22. The molecule has 1 aromatic heterocycles. The molecule has 0 atom stereocenters. The molecule has 3 aromatic carbocycles. The molecule has 2 N–H and O–H groups in total. The van der Waals surface area contributed by atoms with Crippen LogP contribution >= 0.6 is 0 Å². The van der Waals surface area contributed by atoms with Gasteiger partial charge in [-0.25, -0.2) is 0 Å². The molecule has 9 nitrogen and oxygen atoms in total. The summed E-state index contributed by atoms with van der Waals surface area (Å²) < 4.78 is 17.4. The Morgan fingerprint density at radius 3 is 2.44 bits per heavy atom. The first-order valence-electron chi connectivity index (χ1n) is 11.2. The number of ether oxygens (including phenoxy) is 3. The quantitative estimate of drug-likeness (QED) is 0.325. The predicted octanol–water partition coefficient (Wildman–Crippen LogP) is 4.15. The van der Waals surface area contributed by atoms with Gasteiger partial charge in [0.25, 0.3) is 11.5 Å². The summed E-state index contributed by atoms with van der Waals surface area (Å²) in [5, 5.41) is 10.2. The molecule has 0 unspecified atom stereocenters. The Bertz CT molecular complexity index is 1370. The third kappa shape index (κ3) is 5.89. The lowest BCUT2D eigenvalue weighted by atomic mass is 10.2. The van der Waals surface area contributed by atoms with Crippen LogP contribution in [0, 0.1) is 0 Å². The zero-order valence-corrected chi connectivity index (χ0v) is 19.9. The van der Waals surface area contributed by atoms with Crippen LogP contribution in [0.4, 0.5) is 11.4 Å². The number of nitrogens with one attached hydrogen (secondary N) is 2. The van der Waals surface area contributed by atoms with E-state index in [4.69, 9.17) is 14.2 Å². The van der Waals surface area contributed by atoms with Gasteiger partial charge >= 0.3 is 0 Å². The highest BCUT2D eigenvalue weighted by molar-refractivity contribution is 5.95. The molecule has 4 aromatic rings. The molecule has 184 valence electrons. The van der Waals surface area contributed by atoms with E-state index in [1.165, 1.54) is 10.9 Å². The van der Waals surface area contributed by atoms with Crippen molar-refractivity contribution in [2.45, 2.75) is 0 Å². The predicted molar refractivity (Wildman–Crippen MR) is 137 cm³/mol. The minimum absolute atomic E-state index is 0.168. The van der Waals surface area contributed by atoms with Gasteiger partial charge in [-0.1, -0.05) is 24.3 Å². The lowest BCUT2D eigenvalue weighted by Crippen LogP contribution is -2.27. The molecule has 0 bridgehead atoms. The highest BCUT2D eigenvalue weighted by Crippen LogP contribution is 2.29. The summed E-state index contributed by atoms with van der Waals surface area (Å²) in [7, 11) is 3.14. The molecule has 0 aliphatic rings. The second-order valence-electron chi connectivity index (χ2n) is 7.67. The monoisotopic (exact) mass is 486 g/mol. The van der Waals surface area contributed by atoms with E-state index in [2.05, 4.69) is 15.7 Å². The van der Waals surface area contributed by atoms with Crippen molar-refractivity contribution < 1.29 is 19.0 Å². The minimum Gasteiger partial charge on any atom is -0.497 e. The summed E-state index contributed by atoms with van der Waals surface area (Å²) in [6.45, 7) is 0.796. The van der Waals surface area contributed by atoms with Gasteiger partial charge in [0.05, 0.1) is 25.6 Å². The molecular formula is C27H26N4O5. The smallest absolute Gasteiger partial charge is 0.299 e. The van der Waals surface area contributed by atoms with Crippen LogP contribution in [0.25, 0.3) is 5.69 Å². The van der Waals surface area contributed by atoms with E-state index < -0.39 is 5.56 Å². The summed E-state index contributed by atoms with van der Waals surface area (Å²) in [5.74, 6) is 1.21. The van der Waals surface area contributed by atoms with Crippen molar-refractivity contribution in [3.63, 3.8) is 0 Å². The first-order valence-corrected chi connectivity index (χ1v) is 11.2. The summed E-state index contributed by atoms with van der Waals surface area (Å²) in [5.41, 5.74) is 1.27. The Kier molecular flexibility index (Phi) is 7.94. The van der Waals surface area contributed by atoms with Crippen molar-refractivity contribution in [3.8, 4) is 22.9 Å². The molecule has 0 aliphatic carbocycles. The zero-order chi connectivity index (χ0) is 25.3. The van der Waals surface area contributed by atoms with Crippen LogP contribution in [0.5, 0.6) is 17.2 Å². The summed E-state index contributed by atoms with van der Waals surface area (Å²) >= 11 is 0. The number of hydrogen-bond acceptors (Lipinski definition) is 7. The second kappa shape index (κ2) is 11.7. The number of nitrogens with zero attached hydrogens (tertiary/aromatic N) is 2. The second-order valence-corrected chi connectivity index (χ2v) is 7.67. The summed E-state index contributed by atoms with van der Waals surface area (Å²) in [6.07, 6.45) is 1.47. The van der Waals surface area contributed by atoms with Gasteiger partial charge in [0.2, 0.25) is 0 Å². The van der Waals surface area contributed by atoms with Gasteiger partial charge in [-0.15, -0.1) is 0 Å². The van der Waals surface area contributed by atoms with E-state index in [9.17, 15) is 9.59 Å². The molecule has 1 amide bonds. The first kappa shape index (κ1) is 24.5. The van der Waals surface area contributed by atoms with Crippen LogP contribution in [0.1, 0.15) is 10.4 Å². The van der Waals surface area contributed by atoms with Gasteiger partial charge in [-0.05, 0) is 54.6 Å². The van der Waals surface area contributed by atoms with Crippen LogP contribution in [0.2, 0.25) is 0 Å². The van der Waals surface area contributed by atoms with Crippen LogP contribution < -0.4 is 25.7 Å². The Hall–Kier alpha value is -4.63. The standard InChI is InChI=1S/C27H26N4O5/c1-34-16-15-28-26(32)19-7-6-8-20(17-19)30-25-24(36-23-9-4-3-5-10-23)18-29-31(27(25)33)21-11-13-22(35-2)14-12-21/h3-14,17-18,30H,15-16H2,1-2H3,(H,28,32). The fourth-order valence-corrected chi connectivity index (χ4v) is 3.40. The SMILES string of the molecule is COCCNC(=O)c1cccc(Nc2c(Oc3ccccc3)cnn(-c3ccc(OC)cc3)c2=O)c1. The molecule has 0 saturated heterocycles. The van der Waals surface area contributed by atoms with E-state index in [-0.39, 0.29) is 17.3 Å². The average Bonchev–Trinajstić information content (AvgIpc) is 2.92. The number of carbonyl (C=O) groups excluding carboxylic acids is 1. The van der Waals surface area contributed by atoms with Gasteiger partial charge in [-0.2, -0.15) is 9.78 Å².